The van der Waals surface area contributed by atoms with E-state index in [0.717, 1.165) is 23.1 Å². The first-order valence-corrected chi connectivity index (χ1v) is 11.0. The summed E-state index contributed by atoms with van der Waals surface area (Å²) in [4.78, 5) is 47.4. The van der Waals surface area contributed by atoms with Crippen molar-refractivity contribution in [2.45, 2.75) is 49.6 Å². The lowest BCUT2D eigenvalue weighted by atomic mass is 9.84. The Balaban J connectivity index is 1.66. The minimum atomic E-state index is -4.69. The normalized spacial score (nSPS) is 27.9. The second-order valence-corrected chi connectivity index (χ2v) is 9.00. The molecule has 16 heteroatoms. The molecule has 0 radical (unpaired) electrons. The highest BCUT2D eigenvalue weighted by Gasteiger charge is 2.73. The molecular formula is C21H25F3N8O5. The Morgan fingerprint density at radius 2 is 1.86 bits per heavy atom. The molecule has 0 saturated carbocycles. The summed E-state index contributed by atoms with van der Waals surface area (Å²) in [7, 11) is 0. The van der Waals surface area contributed by atoms with Crippen LogP contribution in [-0.2, 0) is 15.8 Å². The molecule has 4 atom stereocenters. The fraction of sp³-hybridized carbons (Fsp3) is 0.476. The van der Waals surface area contributed by atoms with Crippen molar-refractivity contribution in [2.75, 3.05) is 13.1 Å². The lowest BCUT2D eigenvalue weighted by Gasteiger charge is -2.49. The minimum Gasteiger partial charge on any atom is -0.370 e. The van der Waals surface area contributed by atoms with Gasteiger partial charge in [0.15, 0.2) is 17.6 Å². The molecule has 0 bridgehead atoms. The highest BCUT2D eigenvalue weighted by atomic mass is 19.4. The summed E-state index contributed by atoms with van der Waals surface area (Å²) in [6.45, 7) is 1.69. The average Bonchev–Trinajstić information content (AvgIpc) is 3.26. The van der Waals surface area contributed by atoms with Gasteiger partial charge in [-0.3, -0.25) is 19.3 Å². The van der Waals surface area contributed by atoms with Crippen LogP contribution in [0.4, 0.5) is 13.2 Å². The molecule has 200 valence electrons. The monoisotopic (exact) mass is 526 g/mol. The third-order valence-electron chi connectivity index (χ3n) is 6.69. The van der Waals surface area contributed by atoms with Gasteiger partial charge in [-0.2, -0.15) is 13.2 Å². The van der Waals surface area contributed by atoms with E-state index < -0.39 is 59.0 Å². The zero-order chi connectivity index (χ0) is 27.5. The molecule has 1 spiro atoms. The summed E-state index contributed by atoms with van der Waals surface area (Å²) in [6, 6.07) is -0.121. The number of imide groups is 1. The maximum absolute atomic E-state index is 13.1. The Kier molecular flexibility index (Phi) is 6.07. The van der Waals surface area contributed by atoms with E-state index in [1.54, 1.807) is 0 Å². The molecule has 8 N–H and O–H groups in total. The van der Waals surface area contributed by atoms with Gasteiger partial charge in [-0.1, -0.05) is 6.07 Å². The average molecular weight is 526 g/mol. The van der Waals surface area contributed by atoms with Crippen LogP contribution >= 0.6 is 0 Å². The third kappa shape index (κ3) is 4.11. The summed E-state index contributed by atoms with van der Waals surface area (Å²) in [6.07, 6.45) is -4.69. The van der Waals surface area contributed by atoms with E-state index in [9.17, 15) is 37.8 Å². The van der Waals surface area contributed by atoms with Crippen LogP contribution in [0.2, 0.25) is 0 Å². The Morgan fingerprint density at radius 3 is 2.46 bits per heavy atom. The summed E-state index contributed by atoms with van der Waals surface area (Å²) in [5.41, 5.74) is 8.61. The maximum Gasteiger partial charge on any atom is 0.416 e. The topological polar surface area (TPSA) is 199 Å². The second-order valence-electron chi connectivity index (χ2n) is 9.00. The van der Waals surface area contributed by atoms with Crippen LogP contribution in [0.25, 0.3) is 0 Å². The summed E-state index contributed by atoms with van der Waals surface area (Å²) in [5, 5.41) is 27.8. The zero-order valence-corrected chi connectivity index (χ0v) is 19.7. The van der Waals surface area contributed by atoms with Crippen LogP contribution in [0.3, 0.4) is 0 Å². The molecule has 3 aliphatic rings. The predicted molar refractivity (Wildman–Crippen MR) is 121 cm³/mol. The van der Waals surface area contributed by atoms with Crippen LogP contribution in [0, 0.1) is 0 Å². The van der Waals surface area contributed by atoms with Crippen molar-refractivity contribution in [3.63, 3.8) is 0 Å². The lowest BCUT2D eigenvalue weighted by Crippen LogP contribution is -2.78. The maximum atomic E-state index is 13.1. The van der Waals surface area contributed by atoms with Gasteiger partial charge in [0.05, 0.1) is 18.2 Å². The number of aliphatic imine (C=N–C) groups is 2. The van der Waals surface area contributed by atoms with Crippen molar-refractivity contribution in [1.29, 1.82) is 0 Å². The van der Waals surface area contributed by atoms with Crippen LogP contribution in [0.1, 0.15) is 29.8 Å². The Hall–Kier alpha value is -3.92. The van der Waals surface area contributed by atoms with Crippen molar-refractivity contribution in [1.82, 2.24) is 20.4 Å². The van der Waals surface area contributed by atoms with Crippen LogP contribution < -0.4 is 22.1 Å². The number of carbonyl (C=O) groups is 3. The standard InChI is InChI=1S/C21H25F3N8O5/c1-9(33)31(10(2)34)7-13-15-19(30-17(25)29-15)20(36,37)14(8-32(19)18(26)27-13)28-16(35)11-4-3-5-12(6-11)21(22,23)24/h3-6,13-15,36-37H,7-8H2,1-2H3,(H2,26,27)(H,28,35)(H3,25,29,30). The molecule has 3 heterocycles. The number of guanidine groups is 2. The SMILES string of the molecule is CC(=O)N(CC1N=C(N)N2CC(NC(=O)c3cccc(C(F)(F)F)c3)C(O)(O)C23NC(N)=NC13)C(C)=O. The van der Waals surface area contributed by atoms with Gasteiger partial charge in [0, 0.05) is 26.0 Å². The number of rotatable bonds is 4. The van der Waals surface area contributed by atoms with Crippen molar-refractivity contribution in [3.8, 4) is 0 Å². The van der Waals surface area contributed by atoms with Crippen LogP contribution in [0.15, 0.2) is 34.3 Å². The molecule has 13 nitrogen and oxygen atoms in total. The largest absolute Gasteiger partial charge is 0.416 e. The van der Waals surface area contributed by atoms with Gasteiger partial charge in [-0.15, -0.1) is 0 Å². The van der Waals surface area contributed by atoms with E-state index >= 15 is 0 Å². The number of hydrogen-bond acceptors (Lipinski definition) is 11. The third-order valence-corrected chi connectivity index (χ3v) is 6.69. The molecule has 4 rings (SSSR count). The van der Waals surface area contributed by atoms with Gasteiger partial charge >= 0.3 is 6.18 Å². The molecule has 1 aromatic rings. The first-order chi connectivity index (χ1) is 17.1. The Labute approximate surface area is 208 Å². The number of halogens is 3. The van der Waals surface area contributed by atoms with Crippen molar-refractivity contribution >= 4 is 29.6 Å². The molecular weight excluding hydrogens is 501 g/mol. The molecule has 37 heavy (non-hydrogen) atoms. The first-order valence-electron chi connectivity index (χ1n) is 11.0. The number of amides is 3. The first kappa shape index (κ1) is 26.2. The smallest absolute Gasteiger partial charge is 0.370 e. The van der Waals surface area contributed by atoms with E-state index in [0.29, 0.717) is 6.07 Å². The van der Waals surface area contributed by atoms with Gasteiger partial charge in [0.1, 0.15) is 12.1 Å². The molecule has 3 aliphatic heterocycles. The molecule has 1 saturated heterocycles. The molecule has 0 aromatic heterocycles. The number of nitrogens with zero attached hydrogens (tertiary/aromatic N) is 4. The van der Waals surface area contributed by atoms with E-state index in [1.807, 2.05) is 0 Å². The van der Waals surface area contributed by atoms with E-state index in [2.05, 4.69) is 20.6 Å². The molecule has 1 aromatic carbocycles. The second kappa shape index (κ2) is 8.58. The van der Waals surface area contributed by atoms with Gasteiger partial charge in [0.25, 0.3) is 5.91 Å². The highest BCUT2D eigenvalue weighted by molar-refractivity contribution is 5.95. The van der Waals surface area contributed by atoms with E-state index in [-0.39, 0.29) is 30.6 Å². The summed E-state index contributed by atoms with van der Waals surface area (Å²) >= 11 is 0. The fourth-order valence-electron chi connectivity index (χ4n) is 4.98. The van der Waals surface area contributed by atoms with Crippen molar-refractivity contribution < 1.29 is 37.8 Å². The lowest BCUT2D eigenvalue weighted by molar-refractivity contribution is -0.230. The van der Waals surface area contributed by atoms with Gasteiger partial charge < -0.3 is 37.2 Å². The van der Waals surface area contributed by atoms with Crippen LogP contribution in [0.5, 0.6) is 0 Å². The van der Waals surface area contributed by atoms with E-state index in [1.165, 1.54) is 18.7 Å². The predicted octanol–water partition coefficient (Wildman–Crippen LogP) is -2.12. The van der Waals surface area contributed by atoms with Gasteiger partial charge in [-0.05, 0) is 18.2 Å². The minimum absolute atomic E-state index is 0.223. The number of aliphatic hydroxyl groups is 2. The summed E-state index contributed by atoms with van der Waals surface area (Å²) < 4.78 is 39.3. The zero-order valence-electron chi connectivity index (χ0n) is 19.7. The van der Waals surface area contributed by atoms with Crippen molar-refractivity contribution in [3.05, 3.63) is 35.4 Å². The fourth-order valence-corrected chi connectivity index (χ4v) is 4.98. The quantitative estimate of drug-likeness (QED) is 0.237. The number of nitrogens with two attached hydrogens (primary N) is 2. The summed E-state index contributed by atoms with van der Waals surface area (Å²) in [5.74, 6) is -5.48. The molecule has 0 aliphatic carbocycles. The Bertz CT molecular complexity index is 1200. The number of carbonyl (C=O) groups excluding carboxylic acids is 3. The number of hydrogen-bond donors (Lipinski definition) is 6. The van der Waals surface area contributed by atoms with Gasteiger partial charge in [-0.25, -0.2) is 9.98 Å². The molecule has 3 amide bonds. The van der Waals surface area contributed by atoms with Gasteiger partial charge in [0.2, 0.25) is 17.6 Å². The number of nitrogens with one attached hydrogen (secondary N) is 2. The van der Waals surface area contributed by atoms with Crippen LogP contribution in [-0.4, -0.2) is 92.3 Å². The van der Waals surface area contributed by atoms with Crippen molar-refractivity contribution in [2.24, 2.45) is 21.5 Å². The Morgan fingerprint density at radius 1 is 1.22 bits per heavy atom. The van der Waals surface area contributed by atoms with E-state index in [4.69, 9.17) is 11.5 Å². The number of alkyl halides is 3. The number of benzene rings is 1. The molecule has 4 unspecified atom stereocenters. The molecule has 1 fully saturated rings. The highest BCUT2D eigenvalue weighted by Crippen LogP contribution is 2.45.